The molecule has 0 radical (unpaired) electrons. The van der Waals surface area contributed by atoms with E-state index in [1.807, 2.05) is 29.2 Å². The van der Waals surface area contributed by atoms with Crippen molar-refractivity contribution in [3.05, 3.63) is 29.8 Å². The van der Waals surface area contributed by atoms with Gasteiger partial charge in [-0.1, -0.05) is 37.8 Å². The molecule has 0 bridgehead atoms. The molecule has 3 aliphatic rings. The van der Waals surface area contributed by atoms with Crippen molar-refractivity contribution in [1.29, 1.82) is 0 Å². The van der Waals surface area contributed by atoms with Crippen LogP contribution in [-0.2, 0) is 14.4 Å². The normalized spacial score (nSPS) is 27.0. The second-order valence-electron chi connectivity index (χ2n) is 8.80. The van der Waals surface area contributed by atoms with Crippen molar-refractivity contribution >= 4 is 17.7 Å². The van der Waals surface area contributed by atoms with E-state index in [9.17, 15) is 14.4 Å². The SMILES string of the molecule is COc1ccc([C@@H]2CCCCCN2C(=O)CCN2C(=O)[C@H]3CCCC[C@@H]3C2=O)cc1. The number of ether oxygens (including phenoxy) is 1. The number of benzene rings is 1. The molecule has 6 nitrogen and oxygen atoms in total. The van der Waals surface area contributed by atoms with Crippen LogP contribution in [-0.4, -0.2) is 47.7 Å². The van der Waals surface area contributed by atoms with Crippen LogP contribution < -0.4 is 4.74 Å². The van der Waals surface area contributed by atoms with Crippen LogP contribution in [0, 0.1) is 11.8 Å². The van der Waals surface area contributed by atoms with Gasteiger partial charge in [-0.25, -0.2) is 0 Å². The molecule has 0 N–H and O–H groups in total. The molecular formula is C24H32N2O4. The topological polar surface area (TPSA) is 66.9 Å². The van der Waals surface area contributed by atoms with E-state index in [-0.39, 0.29) is 48.6 Å². The van der Waals surface area contributed by atoms with E-state index < -0.39 is 0 Å². The Labute approximate surface area is 178 Å². The average Bonchev–Trinajstić information content (AvgIpc) is 2.94. The molecule has 3 fully saturated rings. The van der Waals surface area contributed by atoms with E-state index in [2.05, 4.69) is 0 Å². The summed E-state index contributed by atoms with van der Waals surface area (Å²) in [7, 11) is 1.65. The van der Waals surface area contributed by atoms with Gasteiger partial charge in [-0.3, -0.25) is 19.3 Å². The molecule has 30 heavy (non-hydrogen) atoms. The third kappa shape index (κ3) is 4.09. The third-order valence-electron chi connectivity index (χ3n) is 7.06. The van der Waals surface area contributed by atoms with E-state index in [1.165, 1.54) is 4.90 Å². The first kappa shape index (κ1) is 20.9. The lowest BCUT2D eigenvalue weighted by atomic mass is 9.81. The molecule has 6 heteroatoms. The van der Waals surface area contributed by atoms with E-state index in [0.717, 1.165) is 69.2 Å². The highest BCUT2D eigenvalue weighted by atomic mass is 16.5. The van der Waals surface area contributed by atoms with Gasteiger partial charge in [0.25, 0.3) is 0 Å². The maximum absolute atomic E-state index is 13.2. The first-order valence-corrected chi connectivity index (χ1v) is 11.4. The van der Waals surface area contributed by atoms with E-state index in [1.54, 1.807) is 7.11 Å². The highest BCUT2D eigenvalue weighted by Crippen LogP contribution is 2.38. The fraction of sp³-hybridized carbons (Fsp3) is 0.625. The lowest BCUT2D eigenvalue weighted by molar-refractivity contribution is -0.141. The minimum Gasteiger partial charge on any atom is -0.497 e. The number of likely N-dealkylation sites (tertiary alicyclic amines) is 2. The molecule has 1 saturated carbocycles. The van der Waals surface area contributed by atoms with Gasteiger partial charge in [-0.15, -0.1) is 0 Å². The minimum absolute atomic E-state index is 0.0354. The van der Waals surface area contributed by atoms with Crippen LogP contribution in [0.4, 0.5) is 0 Å². The van der Waals surface area contributed by atoms with Crippen molar-refractivity contribution < 1.29 is 19.1 Å². The number of amides is 3. The number of methoxy groups -OCH3 is 1. The molecule has 0 aromatic heterocycles. The van der Waals surface area contributed by atoms with Gasteiger partial charge in [0.15, 0.2) is 0 Å². The standard InChI is InChI=1S/C24H32N2O4/c1-30-18-12-10-17(11-13-18)21-9-3-2-6-15-25(21)22(27)14-16-26-23(28)19-7-4-5-8-20(19)24(26)29/h10-13,19-21H,2-9,14-16H2,1H3/t19-,20-,21-/m0/s1. The summed E-state index contributed by atoms with van der Waals surface area (Å²) in [5.74, 6) is 0.435. The molecule has 3 atom stereocenters. The summed E-state index contributed by atoms with van der Waals surface area (Å²) in [4.78, 5) is 42.0. The second kappa shape index (κ2) is 9.19. The van der Waals surface area contributed by atoms with Crippen LogP contribution in [0.25, 0.3) is 0 Å². The highest BCUT2D eigenvalue weighted by molar-refractivity contribution is 6.05. The molecule has 3 amide bonds. The number of fused-ring (bicyclic) bond motifs is 1. The molecule has 1 aromatic carbocycles. The van der Waals surface area contributed by atoms with Crippen molar-refractivity contribution in [3.63, 3.8) is 0 Å². The monoisotopic (exact) mass is 412 g/mol. The van der Waals surface area contributed by atoms with E-state index >= 15 is 0 Å². The Morgan fingerprint density at radius 1 is 0.933 bits per heavy atom. The van der Waals surface area contributed by atoms with Crippen LogP contribution >= 0.6 is 0 Å². The molecule has 0 spiro atoms. The van der Waals surface area contributed by atoms with Crippen LogP contribution in [0.1, 0.15) is 69.4 Å². The molecule has 2 aliphatic heterocycles. The summed E-state index contributed by atoms with van der Waals surface area (Å²) in [6.45, 7) is 0.942. The number of hydrogen-bond donors (Lipinski definition) is 0. The molecule has 1 aromatic rings. The van der Waals surface area contributed by atoms with Gasteiger partial charge in [-0.05, 0) is 43.4 Å². The number of imide groups is 1. The van der Waals surface area contributed by atoms with Crippen LogP contribution in [0.15, 0.2) is 24.3 Å². The fourth-order valence-corrected chi connectivity index (χ4v) is 5.38. The lowest BCUT2D eigenvalue weighted by Crippen LogP contribution is -2.39. The van der Waals surface area contributed by atoms with Gasteiger partial charge in [0, 0.05) is 19.5 Å². The van der Waals surface area contributed by atoms with E-state index in [4.69, 9.17) is 4.74 Å². The Hall–Kier alpha value is -2.37. The number of carbonyl (C=O) groups excluding carboxylic acids is 3. The zero-order valence-electron chi connectivity index (χ0n) is 17.8. The zero-order valence-corrected chi connectivity index (χ0v) is 17.8. The highest BCUT2D eigenvalue weighted by Gasteiger charge is 2.48. The summed E-state index contributed by atoms with van der Waals surface area (Å²) in [5.41, 5.74) is 1.12. The zero-order chi connectivity index (χ0) is 21.1. The maximum atomic E-state index is 13.2. The van der Waals surface area contributed by atoms with Gasteiger partial charge in [0.05, 0.1) is 25.0 Å². The van der Waals surface area contributed by atoms with Crippen LogP contribution in [0.5, 0.6) is 5.75 Å². The first-order valence-electron chi connectivity index (χ1n) is 11.4. The second-order valence-corrected chi connectivity index (χ2v) is 8.80. The Morgan fingerprint density at radius 2 is 1.57 bits per heavy atom. The van der Waals surface area contributed by atoms with Crippen LogP contribution in [0.3, 0.4) is 0 Å². The molecule has 0 unspecified atom stereocenters. The fourth-order valence-electron chi connectivity index (χ4n) is 5.38. The smallest absolute Gasteiger partial charge is 0.233 e. The summed E-state index contributed by atoms with van der Waals surface area (Å²) in [6, 6.07) is 7.98. The minimum atomic E-state index is -0.147. The summed E-state index contributed by atoms with van der Waals surface area (Å²) < 4.78 is 5.26. The van der Waals surface area contributed by atoms with Crippen LogP contribution in [0.2, 0.25) is 0 Å². The molecule has 162 valence electrons. The van der Waals surface area contributed by atoms with Gasteiger partial charge >= 0.3 is 0 Å². The Kier molecular flexibility index (Phi) is 6.40. The van der Waals surface area contributed by atoms with Crippen molar-refractivity contribution in [3.8, 4) is 5.75 Å². The van der Waals surface area contributed by atoms with Gasteiger partial charge in [-0.2, -0.15) is 0 Å². The maximum Gasteiger partial charge on any atom is 0.233 e. The van der Waals surface area contributed by atoms with Crippen molar-refractivity contribution in [2.45, 2.75) is 63.8 Å². The van der Waals surface area contributed by atoms with Crippen molar-refractivity contribution in [1.82, 2.24) is 9.80 Å². The average molecular weight is 413 g/mol. The Morgan fingerprint density at radius 3 is 2.20 bits per heavy atom. The first-order chi connectivity index (χ1) is 14.6. The molecule has 2 saturated heterocycles. The molecular weight excluding hydrogens is 380 g/mol. The van der Waals surface area contributed by atoms with Crippen molar-refractivity contribution in [2.24, 2.45) is 11.8 Å². The van der Waals surface area contributed by atoms with Gasteiger partial charge < -0.3 is 9.64 Å². The Bertz CT molecular complexity index is 767. The summed E-state index contributed by atoms with van der Waals surface area (Å²) in [6.07, 6.45) is 8.00. The van der Waals surface area contributed by atoms with Crippen molar-refractivity contribution in [2.75, 3.05) is 20.2 Å². The number of rotatable bonds is 5. The molecule has 2 heterocycles. The number of carbonyl (C=O) groups is 3. The lowest BCUT2D eigenvalue weighted by Gasteiger charge is -2.31. The number of nitrogens with zero attached hydrogens (tertiary/aromatic N) is 2. The molecule has 4 rings (SSSR count). The van der Waals surface area contributed by atoms with Gasteiger partial charge in [0.2, 0.25) is 17.7 Å². The predicted molar refractivity (Wildman–Crippen MR) is 113 cm³/mol. The predicted octanol–water partition coefficient (Wildman–Crippen LogP) is 3.70. The summed E-state index contributed by atoms with van der Waals surface area (Å²) >= 11 is 0. The Balaban J connectivity index is 1.43. The quantitative estimate of drug-likeness (QED) is 0.692. The molecule has 1 aliphatic carbocycles. The van der Waals surface area contributed by atoms with Gasteiger partial charge in [0.1, 0.15) is 5.75 Å². The third-order valence-corrected chi connectivity index (χ3v) is 7.06. The summed E-state index contributed by atoms with van der Waals surface area (Å²) in [5, 5.41) is 0. The number of hydrogen-bond acceptors (Lipinski definition) is 4. The van der Waals surface area contributed by atoms with E-state index in [0.29, 0.717) is 0 Å². The largest absolute Gasteiger partial charge is 0.497 e.